The Kier molecular flexibility index (Phi) is 5.62. The van der Waals surface area contributed by atoms with Gasteiger partial charge in [-0.25, -0.2) is 0 Å². The van der Waals surface area contributed by atoms with Crippen molar-refractivity contribution in [2.24, 2.45) is 5.73 Å². The van der Waals surface area contributed by atoms with Crippen molar-refractivity contribution in [1.29, 1.82) is 0 Å². The molecule has 1 aromatic rings. The van der Waals surface area contributed by atoms with Crippen molar-refractivity contribution in [2.45, 2.75) is 18.4 Å². The van der Waals surface area contributed by atoms with Gasteiger partial charge in [0.2, 0.25) is 0 Å². The molecule has 1 heterocycles. The van der Waals surface area contributed by atoms with E-state index >= 15 is 0 Å². The molecule has 0 spiro atoms. The Balaban J connectivity index is 1.95. The molecule has 1 saturated heterocycles. The zero-order chi connectivity index (χ0) is 15.3. The van der Waals surface area contributed by atoms with E-state index in [4.69, 9.17) is 5.73 Å². The Morgan fingerprint density at radius 1 is 1.05 bits per heavy atom. The fourth-order valence-corrected chi connectivity index (χ4v) is 3.15. The number of likely N-dealkylation sites (N-methyl/N-ethyl adjacent to an activating group) is 2. The number of hydrogen-bond acceptors (Lipinski definition) is 4. The maximum absolute atomic E-state index is 6.16. The summed E-state index contributed by atoms with van der Waals surface area (Å²) in [6.07, 6.45) is 2.28. The number of nitrogens with zero attached hydrogens (tertiary/aromatic N) is 3. The molecule has 21 heavy (non-hydrogen) atoms. The van der Waals surface area contributed by atoms with Crippen molar-refractivity contribution in [3.63, 3.8) is 0 Å². The van der Waals surface area contributed by atoms with Crippen molar-refractivity contribution < 1.29 is 0 Å². The van der Waals surface area contributed by atoms with Crippen LogP contribution in [-0.4, -0.2) is 69.2 Å². The van der Waals surface area contributed by atoms with Crippen LogP contribution in [0.1, 0.15) is 12.8 Å². The van der Waals surface area contributed by atoms with E-state index in [0.717, 1.165) is 45.6 Å². The molecule has 118 valence electrons. The maximum Gasteiger partial charge on any atom is 0.0366 e. The summed E-state index contributed by atoms with van der Waals surface area (Å²) in [4.78, 5) is 7.20. The van der Waals surface area contributed by atoms with Crippen molar-refractivity contribution in [3.05, 3.63) is 30.3 Å². The lowest BCUT2D eigenvalue weighted by molar-refractivity contribution is 0.0894. The molecule has 0 saturated carbocycles. The lowest BCUT2D eigenvalue weighted by atomic mass is 9.85. The molecular weight excluding hydrogens is 260 g/mol. The molecule has 0 aliphatic carbocycles. The highest BCUT2D eigenvalue weighted by molar-refractivity contribution is 5.46. The molecule has 4 heteroatoms. The van der Waals surface area contributed by atoms with Crippen molar-refractivity contribution in [2.75, 3.05) is 58.8 Å². The van der Waals surface area contributed by atoms with E-state index in [2.05, 4.69) is 66.2 Å². The fourth-order valence-electron chi connectivity index (χ4n) is 3.15. The van der Waals surface area contributed by atoms with Crippen LogP contribution in [0.4, 0.5) is 5.69 Å². The predicted octanol–water partition coefficient (Wildman–Crippen LogP) is 1.48. The van der Waals surface area contributed by atoms with Gasteiger partial charge in [-0.1, -0.05) is 18.2 Å². The average Bonchev–Trinajstić information content (AvgIpc) is 2.53. The Hall–Kier alpha value is -1.10. The largest absolute Gasteiger partial charge is 0.371 e. The van der Waals surface area contributed by atoms with Crippen LogP contribution in [0.15, 0.2) is 30.3 Å². The molecule has 0 amide bonds. The van der Waals surface area contributed by atoms with Crippen LogP contribution in [0.5, 0.6) is 0 Å². The third kappa shape index (κ3) is 3.96. The van der Waals surface area contributed by atoms with Gasteiger partial charge in [0.05, 0.1) is 0 Å². The zero-order valence-corrected chi connectivity index (χ0v) is 13.8. The van der Waals surface area contributed by atoms with E-state index in [-0.39, 0.29) is 5.54 Å². The Morgan fingerprint density at radius 2 is 1.67 bits per heavy atom. The molecule has 1 aliphatic rings. The number of piperidine rings is 1. The van der Waals surface area contributed by atoms with Crippen molar-refractivity contribution in [3.8, 4) is 0 Å². The topological polar surface area (TPSA) is 35.7 Å². The van der Waals surface area contributed by atoms with Crippen LogP contribution in [-0.2, 0) is 0 Å². The SMILES string of the molecule is CN(C)CCN(C)C1(CN)CCN(c2ccccc2)CC1. The Morgan fingerprint density at radius 3 is 2.19 bits per heavy atom. The van der Waals surface area contributed by atoms with Crippen LogP contribution in [0.2, 0.25) is 0 Å². The van der Waals surface area contributed by atoms with Gasteiger partial charge < -0.3 is 15.5 Å². The molecule has 0 radical (unpaired) electrons. The summed E-state index contributed by atoms with van der Waals surface area (Å²) < 4.78 is 0. The molecule has 0 aromatic heterocycles. The zero-order valence-electron chi connectivity index (χ0n) is 13.8. The van der Waals surface area contributed by atoms with Crippen LogP contribution in [0.25, 0.3) is 0 Å². The third-order valence-electron chi connectivity index (χ3n) is 4.89. The summed E-state index contributed by atoms with van der Waals surface area (Å²) in [5, 5.41) is 0. The van der Waals surface area contributed by atoms with Gasteiger partial charge in [0.15, 0.2) is 0 Å². The van der Waals surface area contributed by atoms with Gasteiger partial charge >= 0.3 is 0 Å². The van der Waals surface area contributed by atoms with Crippen molar-refractivity contribution in [1.82, 2.24) is 9.80 Å². The van der Waals surface area contributed by atoms with Crippen LogP contribution in [0, 0.1) is 0 Å². The quantitative estimate of drug-likeness (QED) is 0.861. The molecule has 1 aromatic carbocycles. The molecule has 4 nitrogen and oxygen atoms in total. The number of nitrogens with two attached hydrogens (primary N) is 1. The highest BCUT2D eigenvalue weighted by Gasteiger charge is 2.36. The first-order valence-corrected chi connectivity index (χ1v) is 7.93. The van der Waals surface area contributed by atoms with E-state index < -0.39 is 0 Å². The van der Waals surface area contributed by atoms with Crippen LogP contribution >= 0.6 is 0 Å². The molecule has 0 bridgehead atoms. The number of para-hydroxylation sites is 1. The molecule has 1 aliphatic heterocycles. The standard InChI is InChI=1S/C17H30N4/c1-19(2)13-14-20(3)17(15-18)9-11-21(12-10-17)16-7-5-4-6-8-16/h4-8H,9-15,18H2,1-3H3. The normalized spacial score (nSPS) is 18.5. The number of hydrogen-bond donors (Lipinski definition) is 1. The smallest absolute Gasteiger partial charge is 0.0366 e. The first kappa shape index (κ1) is 16.3. The van der Waals surface area contributed by atoms with E-state index in [1.54, 1.807) is 0 Å². The maximum atomic E-state index is 6.16. The first-order valence-electron chi connectivity index (χ1n) is 7.93. The summed E-state index contributed by atoms with van der Waals surface area (Å²) >= 11 is 0. The van der Waals surface area contributed by atoms with Gasteiger partial charge in [0.25, 0.3) is 0 Å². The second-order valence-electron chi connectivity index (χ2n) is 6.48. The van der Waals surface area contributed by atoms with E-state index in [1.165, 1.54) is 5.69 Å². The first-order chi connectivity index (χ1) is 10.1. The molecule has 0 unspecified atom stereocenters. The Labute approximate surface area is 129 Å². The minimum Gasteiger partial charge on any atom is -0.371 e. The third-order valence-corrected chi connectivity index (χ3v) is 4.89. The molecule has 1 fully saturated rings. The van der Waals surface area contributed by atoms with Gasteiger partial charge in [0, 0.05) is 44.0 Å². The molecule has 2 rings (SSSR count). The number of rotatable bonds is 6. The van der Waals surface area contributed by atoms with Gasteiger partial charge in [0.1, 0.15) is 0 Å². The predicted molar refractivity (Wildman–Crippen MR) is 90.9 cm³/mol. The molecule has 0 atom stereocenters. The summed E-state index contributed by atoms with van der Waals surface area (Å²) in [7, 11) is 6.48. The minimum atomic E-state index is 0.168. The van der Waals surface area contributed by atoms with E-state index in [9.17, 15) is 0 Å². The average molecular weight is 290 g/mol. The second-order valence-corrected chi connectivity index (χ2v) is 6.48. The fraction of sp³-hybridized carbons (Fsp3) is 0.647. The monoisotopic (exact) mass is 290 g/mol. The van der Waals surface area contributed by atoms with Gasteiger partial charge in [-0.2, -0.15) is 0 Å². The van der Waals surface area contributed by atoms with E-state index in [1.807, 2.05) is 0 Å². The highest BCUT2D eigenvalue weighted by Crippen LogP contribution is 2.29. The van der Waals surface area contributed by atoms with Crippen molar-refractivity contribution >= 4 is 5.69 Å². The van der Waals surface area contributed by atoms with Crippen LogP contribution in [0.3, 0.4) is 0 Å². The van der Waals surface area contributed by atoms with Gasteiger partial charge in [-0.3, -0.25) is 4.90 Å². The second kappa shape index (κ2) is 7.25. The van der Waals surface area contributed by atoms with Crippen LogP contribution < -0.4 is 10.6 Å². The summed E-state index contributed by atoms with van der Waals surface area (Å²) in [6, 6.07) is 10.7. The Bertz CT molecular complexity index is 410. The number of anilines is 1. The molecule has 2 N–H and O–H groups in total. The highest BCUT2D eigenvalue weighted by atomic mass is 15.2. The molecular formula is C17H30N4. The minimum absolute atomic E-state index is 0.168. The summed E-state index contributed by atoms with van der Waals surface area (Å²) in [6.45, 7) is 5.09. The summed E-state index contributed by atoms with van der Waals surface area (Å²) in [5.41, 5.74) is 7.66. The summed E-state index contributed by atoms with van der Waals surface area (Å²) in [5.74, 6) is 0. The van der Waals surface area contributed by atoms with E-state index in [0.29, 0.717) is 0 Å². The lowest BCUT2D eigenvalue weighted by Gasteiger charge is -2.47. The van der Waals surface area contributed by atoms with Gasteiger partial charge in [-0.15, -0.1) is 0 Å². The number of benzene rings is 1. The lowest BCUT2D eigenvalue weighted by Crippen LogP contribution is -2.59. The van der Waals surface area contributed by atoms with Gasteiger partial charge in [-0.05, 0) is 46.1 Å².